The van der Waals surface area contributed by atoms with Gasteiger partial charge < -0.3 is 0 Å². The van der Waals surface area contributed by atoms with Crippen LogP contribution in [0.5, 0.6) is 0 Å². The predicted molar refractivity (Wildman–Crippen MR) is 74.0 cm³/mol. The van der Waals surface area contributed by atoms with Gasteiger partial charge in [-0.15, -0.1) is 0 Å². The summed E-state index contributed by atoms with van der Waals surface area (Å²) < 4.78 is 14.4. The second-order valence-corrected chi connectivity index (χ2v) is 5.27. The van der Waals surface area contributed by atoms with Gasteiger partial charge in [0, 0.05) is 10.0 Å². The number of ketones is 1. The number of aryl methyl sites for hydroxylation is 2. The molecular weight excluding hydrogens is 335 g/mol. The number of aromatic nitrogens is 2. The zero-order valence-electron chi connectivity index (χ0n) is 10.2. The minimum atomic E-state index is -0.741. The second kappa shape index (κ2) is 5.35. The van der Waals surface area contributed by atoms with Crippen LogP contribution in [-0.4, -0.2) is 16.0 Å². The topological polar surface area (TPSA) is 42.9 Å². The lowest BCUT2D eigenvalue weighted by molar-refractivity contribution is 0.103. The van der Waals surface area contributed by atoms with Gasteiger partial charge in [0.05, 0.1) is 22.0 Å². The monoisotopic (exact) mass is 342 g/mol. The second-order valence-electron chi connectivity index (χ2n) is 4.04. The Labute approximate surface area is 122 Å². The first-order valence-corrected chi connectivity index (χ1v) is 6.58. The molecule has 0 aliphatic rings. The van der Waals surface area contributed by atoms with Crippen molar-refractivity contribution in [1.29, 1.82) is 0 Å². The van der Waals surface area contributed by atoms with Crippen LogP contribution in [0.15, 0.2) is 22.7 Å². The van der Waals surface area contributed by atoms with Crippen LogP contribution in [0, 0.1) is 19.7 Å². The first kappa shape index (κ1) is 14.1. The minimum absolute atomic E-state index is 0.0799. The van der Waals surface area contributed by atoms with Gasteiger partial charge in [-0.3, -0.25) is 4.79 Å². The zero-order valence-corrected chi connectivity index (χ0v) is 12.5. The van der Waals surface area contributed by atoms with Gasteiger partial charge in [0.2, 0.25) is 0 Å². The Kier molecular flexibility index (Phi) is 3.96. The van der Waals surface area contributed by atoms with Crippen LogP contribution in [-0.2, 0) is 0 Å². The van der Waals surface area contributed by atoms with Crippen molar-refractivity contribution in [3.05, 3.63) is 56.0 Å². The van der Waals surface area contributed by atoms with Crippen molar-refractivity contribution in [2.75, 3.05) is 0 Å². The van der Waals surface area contributed by atoms with Crippen molar-refractivity contribution in [3.8, 4) is 0 Å². The van der Waals surface area contributed by atoms with Crippen molar-refractivity contribution in [3.63, 3.8) is 0 Å². The first-order valence-electron chi connectivity index (χ1n) is 5.41. The fourth-order valence-electron chi connectivity index (χ4n) is 1.63. The highest BCUT2D eigenvalue weighted by atomic mass is 79.9. The van der Waals surface area contributed by atoms with Gasteiger partial charge in [0.25, 0.3) is 0 Å². The molecule has 0 saturated carbocycles. The number of carbonyl (C=O) groups excluding carboxylic acids is 1. The maximum Gasteiger partial charge on any atom is 0.197 e. The number of rotatable bonds is 2. The van der Waals surface area contributed by atoms with Gasteiger partial charge in [-0.05, 0) is 48.0 Å². The molecule has 98 valence electrons. The van der Waals surface area contributed by atoms with Gasteiger partial charge >= 0.3 is 0 Å². The largest absolute Gasteiger partial charge is 0.288 e. The fraction of sp³-hybridized carbons (Fsp3) is 0.154. The summed E-state index contributed by atoms with van der Waals surface area (Å²) in [6, 6.07) is 4.51. The summed E-state index contributed by atoms with van der Waals surface area (Å²) >= 11 is 8.89. The van der Waals surface area contributed by atoms with Crippen LogP contribution < -0.4 is 0 Å². The van der Waals surface area contributed by atoms with Crippen LogP contribution in [0.25, 0.3) is 0 Å². The molecule has 0 bridgehead atoms. The molecule has 0 radical (unpaired) electrons. The third kappa shape index (κ3) is 2.67. The molecule has 0 atom stereocenters. The Bertz CT molecular complexity index is 676. The Morgan fingerprint density at radius 3 is 2.63 bits per heavy atom. The van der Waals surface area contributed by atoms with E-state index in [2.05, 4.69) is 26.1 Å². The smallest absolute Gasteiger partial charge is 0.197 e. The molecule has 0 unspecified atom stereocenters. The molecule has 3 nitrogen and oxygen atoms in total. The van der Waals surface area contributed by atoms with E-state index in [4.69, 9.17) is 11.6 Å². The molecule has 0 spiro atoms. The van der Waals surface area contributed by atoms with Crippen LogP contribution in [0.1, 0.15) is 27.3 Å². The van der Waals surface area contributed by atoms with E-state index in [1.807, 2.05) is 0 Å². The van der Waals surface area contributed by atoms with Crippen LogP contribution >= 0.6 is 27.5 Å². The summed E-state index contributed by atoms with van der Waals surface area (Å²) in [4.78, 5) is 12.3. The number of nitrogens with zero attached hydrogens (tertiary/aromatic N) is 2. The first-order chi connectivity index (χ1) is 8.91. The van der Waals surface area contributed by atoms with E-state index >= 15 is 0 Å². The lowest BCUT2D eigenvalue weighted by Crippen LogP contribution is -2.09. The van der Waals surface area contributed by atoms with Crippen LogP contribution in [0.3, 0.4) is 0 Å². The summed E-state index contributed by atoms with van der Waals surface area (Å²) in [5.74, 6) is -1.20. The normalized spacial score (nSPS) is 10.6. The molecule has 6 heteroatoms. The predicted octanol–water partition coefficient (Wildman–Crippen LogP) is 3.88. The van der Waals surface area contributed by atoms with Gasteiger partial charge in [-0.1, -0.05) is 11.6 Å². The summed E-state index contributed by atoms with van der Waals surface area (Å²) in [5.41, 5.74) is 1.29. The highest BCUT2D eigenvalue weighted by molar-refractivity contribution is 9.10. The fourth-order valence-corrected chi connectivity index (χ4v) is 2.10. The Morgan fingerprint density at radius 1 is 1.26 bits per heavy atom. The third-order valence-electron chi connectivity index (χ3n) is 2.63. The van der Waals surface area contributed by atoms with Crippen molar-refractivity contribution in [2.45, 2.75) is 13.8 Å². The van der Waals surface area contributed by atoms with Crippen molar-refractivity contribution >= 4 is 33.3 Å². The quantitative estimate of drug-likeness (QED) is 0.614. The molecular formula is C13H9BrClFN2O. The molecule has 0 fully saturated rings. The highest BCUT2D eigenvalue weighted by Crippen LogP contribution is 2.29. The highest BCUT2D eigenvalue weighted by Gasteiger charge is 2.20. The Morgan fingerprint density at radius 2 is 1.95 bits per heavy atom. The summed E-state index contributed by atoms with van der Waals surface area (Å²) in [7, 11) is 0. The summed E-state index contributed by atoms with van der Waals surface area (Å²) in [6.45, 7) is 3.37. The van der Waals surface area contributed by atoms with E-state index in [0.717, 1.165) is 0 Å². The van der Waals surface area contributed by atoms with E-state index in [1.165, 1.54) is 12.1 Å². The molecule has 0 amide bonds. The van der Waals surface area contributed by atoms with Gasteiger partial charge in [-0.2, -0.15) is 10.2 Å². The zero-order chi connectivity index (χ0) is 14.2. The number of hydrogen-bond acceptors (Lipinski definition) is 3. The van der Waals surface area contributed by atoms with Gasteiger partial charge in [0.1, 0.15) is 0 Å². The Balaban J connectivity index is 2.56. The van der Waals surface area contributed by atoms with E-state index < -0.39 is 11.6 Å². The summed E-state index contributed by atoms with van der Waals surface area (Å²) in [5, 5.41) is 7.59. The molecule has 19 heavy (non-hydrogen) atoms. The lowest BCUT2D eigenvalue weighted by atomic mass is 10.0. The molecule has 1 aromatic carbocycles. The lowest BCUT2D eigenvalue weighted by Gasteiger charge is -2.07. The maximum absolute atomic E-state index is 14.0. The van der Waals surface area contributed by atoms with Crippen molar-refractivity contribution < 1.29 is 9.18 Å². The van der Waals surface area contributed by atoms with E-state index in [1.54, 1.807) is 19.9 Å². The summed E-state index contributed by atoms with van der Waals surface area (Å²) in [6.07, 6.45) is 0. The average molecular weight is 344 g/mol. The van der Waals surface area contributed by atoms with Crippen LogP contribution in [0.2, 0.25) is 5.02 Å². The standard InChI is InChI=1S/C13H9BrClFN2O/c1-6-5-9(7(2)18-17-6)13(19)8-3-4-10(14)11(15)12(8)16/h3-5H,1-2H3. The average Bonchev–Trinajstić information content (AvgIpc) is 2.38. The van der Waals surface area contributed by atoms with Gasteiger partial charge in [-0.25, -0.2) is 4.39 Å². The third-order valence-corrected chi connectivity index (χ3v) is 3.88. The molecule has 0 N–H and O–H groups in total. The van der Waals surface area contributed by atoms with Gasteiger partial charge in [0.15, 0.2) is 11.6 Å². The molecule has 1 aromatic heterocycles. The van der Waals surface area contributed by atoms with Crippen molar-refractivity contribution in [2.24, 2.45) is 0 Å². The van der Waals surface area contributed by atoms with E-state index in [-0.39, 0.29) is 10.6 Å². The van der Waals surface area contributed by atoms with Crippen molar-refractivity contribution in [1.82, 2.24) is 10.2 Å². The van der Waals surface area contributed by atoms with E-state index in [9.17, 15) is 9.18 Å². The molecule has 1 heterocycles. The van der Waals surface area contributed by atoms with Crippen LogP contribution in [0.4, 0.5) is 4.39 Å². The molecule has 0 saturated heterocycles. The number of halogens is 3. The molecule has 2 rings (SSSR count). The SMILES string of the molecule is Cc1cc(C(=O)c2ccc(Br)c(Cl)c2F)c(C)nn1. The molecule has 0 aliphatic carbocycles. The number of benzene rings is 1. The number of hydrogen-bond donors (Lipinski definition) is 0. The number of carbonyl (C=O) groups is 1. The maximum atomic E-state index is 14.0. The minimum Gasteiger partial charge on any atom is -0.288 e. The molecule has 2 aromatic rings. The van der Waals surface area contributed by atoms with E-state index in [0.29, 0.717) is 21.4 Å². The Hall–Kier alpha value is -1.33. The molecule has 0 aliphatic heterocycles.